The number of hydrogen-bond donors (Lipinski definition) is 2. The van der Waals surface area contributed by atoms with E-state index >= 15 is 0 Å². The molecule has 3 nitrogen and oxygen atoms in total. The molecular formula is C12H13F5N2O. The molecule has 0 saturated carbocycles. The van der Waals surface area contributed by atoms with Crippen LogP contribution in [0, 0.1) is 35.0 Å². The van der Waals surface area contributed by atoms with Gasteiger partial charge in [0.2, 0.25) is 5.82 Å². The smallest absolute Gasteiger partial charge is 0.257 e. The summed E-state index contributed by atoms with van der Waals surface area (Å²) in [5.74, 6) is -12.4. The van der Waals surface area contributed by atoms with E-state index in [1.807, 2.05) is 5.32 Å². The Morgan fingerprint density at radius 1 is 1.00 bits per heavy atom. The van der Waals surface area contributed by atoms with Crippen LogP contribution in [0.1, 0.15) is 24.2 Å². The lowest BCUT2D eigenvalue weighted by atomic mass is 10.1. The molecule has 0 aliphatic heterocycles. The lowest BCUT2D eigenvalue weighted by Gasteiger charge is -2.16. The van der Waals surface area contributed by atoms with E-state index in [1.165, 1.54) is 0 Å². The zero-order chi connectivity index (χ0) is 15.6. The molecule has 0 saturated heterocycles. The molecule has 1 amide bonds. The Bertz CT molecular complexity index is 504. The molecule has 1 aromatic rings. The summed E-state index contributed by atoms with van der Waals surface area (Å²) in [6.45, 7) is 3.33. The number of hydrogen-bond acceptors (Lipinski definition) is 2. The highest BCUT2D eigenvalue weighted by Gasteiger charge is 2.29. The van der Waals surface area contributed by atoms with Crippen LogP contribution in [-0.2, 0) is 0 Å². The maximum Gasteiger partial charge on any atom is 0.257 e. The fraction of sp³-hybridized carbons (Fsp3) is 0.417. The minimum Gasteiger partial charge on any atom is -0.350 e. The zero-order valence-corrected chi connectivity index (χ0v) is 10.7. The maximum atomic E-state index is 13.3. The first-order valence-electron chi connectivity index (χ1n) is 5.73. The lowest BCUT2D eigenvalue weighted by molar-refractivity contribution is 0.0937. The second-order valence-corrected chi connectivity index (χ2v) is 4.56. The Kier molecular flexibility index (Phi) is 5.04. The molecule has 8 heteroatoms. The van der Waals surface area contributed by atoms with Crippen LogP contribution in [0.25, 0.3) is 0 Å². The van der Waals surface area contributed by atoms with Gasteiger partial charge in [0.25, 0.3) is 5.91 Å². The van der Waals surface area contributed by atoms with Crippen molar-refractivity contribution in [3.8, 4) is 0 Å². The Balaban J connectivity index is 3.06. The van der Waals surface area contributed by atoms with E-state index in [9.17, 15) is 26.7 Å². The summed E-state index contributed by atoms with van der Waals surface area (Å²) in [6.07, 6.45) is 0. The van der Waals surface area contributed by atoms with Crippen LogP contribution in [-0.4, -0.2) is 18.5 Å². The van der Waals surface area contributed by atoms with Crippen molar-refractivity contribution < 1.29 is 26.7 Å². The van der Waals surface area contributed by atoms with Crippen molar-refractivity contribution in [1.82, 2.24) is 5.32 Å². The van der Waals surface area contributed by atoms with Gasteiger partial charge in [0.05, 0.1) is 0 Å². The van der Waals surface area contributed by atoms with Gasteiger partial charge in [-0.3, -0.25) is 4.79 Å². The van der Waals surface area contributed by atoms with Gasteiger partial charge >= 0.3 is 0 Å². The van der Waals surface area contributed by atoms with Crippen LogP contribution in [0.5, 0.6) is 0 Å². The molecule has 0 fully saturated rings. The zero-order valence-electron chi connectivity index (χ0n) is 10.7. The molecule has 20 heavy (non-hydrogen) atoms. The van der Waals surface area contributed by atoms with Crippen molar-refractivity contribution in [2.75, 3.05) is 6.54 Å². The Morgan fingerprint density at radius 3 is 1.80 bits per heavy atom. The second kappa shape index (κ2) is 6.17. The van der Waals surface area contributed by atoms with Crippen molar-refractivity contribution in [1.29, 1.82) is 0 Å². The first kappa shape index (κ1) is 16.4. The van der Waals surface area contributed by atoms with Gasteiger partial charge in [0.15, 0.2) is 23.3 Å². The highest BCUT2D eigenvalue weighted by molar-refractivity contribution is 5.94. The summed E-state index contributed by atoms with van der Waals surface area (Å²) in [4.78, 5) is 11.5. The number of carbonyl (C=O) groups excluding carboxylic acids is 1. The monoisotopic (exact) mass is 296 g/mol. The van der Waals surface area contributed by atoms with Gasteiger partial charge < -0.3 is 11.1 Å². The van der Waals surface area contributed by atoms with E-state index in [2.05, 4.69) is 0 Å². The molecule has 112 valence electrons. The fourth-order valence-corrected chi connectivity index (χ4v) is 1.34. The average Bonchev–Trinajstić information content (AvgIpc) is 2.40. The Hall–Kier alpha value is -1.70. The number of carbonyl (C=O) groups is 1. The number of amides is 1. The topological polar surface area (TPSA) is 55.1 Å². The van der Waals surface area contributed by atoms with Crippen molar-refractivity contribution in [3.05, 3.63) is 34.6 Å². The van der Waals surface area contributed by atoms with Gasteiger partial charge in [-0.05, 0) is 5.92 Å². The third-order valence-electron chi connectivity index (χ3n) is 2.79. The summed E-state index contributed by atoms with van der Waals surface area (Å²) in [5.41, 5.74) is 4.08. The first-order chi connectivity index (χ1) is 9.18. The summed E-state index contributed by atoms with van der Waals surface area (Å²) >= 11 is 0. The summed E-state index contributed by atoms with van der Waals surface area (Å²) < 4.78 is 65.3. The molecule has 0 bridgehead atoms. The van der Waals surface area contributed by atoms with Gasteiger partial charge in [-0.1, -0.05) is 13.8 Å². The predicted octanol–water partition coefficient (Wildman–Crippen LogP) is 2.10. The molecule has 0 aliphatic rings. The fourth-order valence-electron chi connectivity index (χ4n) is 1.34. The summed E-state index contributed by atoms with van der Waals surface area (Å²) in [7, 11) is 0. The molecule has 0 aliphatic carbocycles. The van der Waals surface area contributed by atoms with Gasteiger partial charge in [0, 0.05) is 12.6 Å². The summed E-state index contributed by atoms with van der Waals surface area (Å²) in [6, 6.07) is -0.514. The van der Waals surface area contributed by atoms with Crippen LogP contribution in [0.2, 0.25) is 0 Å². The predicted molar refractivity (Wildman–Crippen MR) is 61.4 cm³/mol. The Morgan fingerprint density at radius 2 is 1.40 bits per heavy atom. The lowest BCUT2D eigenvalue weighted by Crippen LogP contribution is -2.41. The van der Waals surface area contributed by atoms with Crippen molar-refractivity contribution in [2.45, 2.75) is 19.9 Å². The second-order valence-electron chi connectivity index (χ2n) is 4.56. The minimum absolute atomic E-state index is 0.0355. The van der Waals surface area contributed by atoms with Gasteiger partial charge in [-0.15, -0.1) is 0 Å². The van der Waals surface area contributed by atoms with Crippen molar-refractivity contribution >= 4 is 5.91 Å². The third-order valence-corrected chi connectivity index (χ3v) is 2.79. The number of halogens is 5. The third kappa shape index (κ3) is 3.06. The first-order valence-corrected chi connectivity index (χ1v) is 5.73. The van der Waals surface area contributed by atoms with E-state index in [-0.39, 0.29) is 12.5 Å². The van der Waals surface area contributed by atoms with Crippen molar-refractivity contribution in [3.63, 3.8) is 0 Å². The number of nitrogens with two attached hydrogens (primary N) is 1. The SMILES string of the molecule is CC(C)C(N)CNC(=O)c1c(F)c(F)c(F)c(F)c1F. The standard InChI is InChI=1S/C12H13F5N2O/c1-4(2)5(18)3-19-12(20)6-7(13)9(15)11(17)10(16)8(6)14/h4-5H,3,18H2,1-2H3,(H,19,20). The van der Waals surface area contributed by atoms with Crippen LogP contribution < -0.4 is 11.1 Å². The minimum atomic E-state index is -2.31. The largest absolute Gasteiger partial charge is 0.350 e. The molecular weight excluding hydrogens is 283 g/mol. The number of rotatable bonds is 4. The Labute approximate surface area is 112 Å². The maximum absolute atomic E-state index is 13.3. The molecule has 0 heterocycles. The van der Waals surface area contributed by atoms with Crippen LogP contribution in [0.3, 0.4) is 0 Å². The van der Waals surface area contributed by atoms with E-state index in [0.29, 0.717) is 0 Å². The van der Waals surface area contributed by atoms with Gasteiger partial charge in [-0.2, -0.15) is 0 Å². The molecule has 0 aromatic heterocycles. The molecule has 1 atom stereocenters. The molecule has 3 N–H and O–H groups in total. The van der Waals surface area contributed by atoms with Crippen molar-refractivity contribution in [2.24, 2.45) is 11.7 Å². The summed E-state index contributed by atoms with van der Waals surface area (Å²) in [5, 5.41) is 2.04. The highest BCUT2D eigenvalue weighted by Crippen LogP contribution is 2.22. The molecule has 1 rings (SSSR count). The molecule has 1 aromatic carbocycles. The average molecular weight is 296 g/mol. The van der Waals surface area contributed by atoms with Crippen LogP contribution in [0.15, 0.2) is 0 Å². The van der Waals surface area contributed by atoms with E-state index in [1.54, 1.807) is 13.8 Å². The van der Waals surface area contributed by atoms with E-state index in [4.69, 9.17) is 5.73 Å². The van der Waals surface area contributed by atoms with Gasteiger partial charge in [0.1, 0.15) is 5.56 Å². The number of nitrogens with one attached hydrogen (secondary N) is 1. The molecule has 0 spiro atoms. The van der Waals surface area contributed by atoms with Gasteiger partial charge in [-0.25, -0.2) is 22.0 Å². The van der Waals surface area contributed by atoms with Crippen LogP contribution >= 0.6 is 0 Å². The number of benzene rings is 1. The van der Waals surface area contributed by atoms with Crippen LogP contribution in [0.4, 0.5) is 22.0 Å². The molecule has 0 radical (unpaired) electrons. The molecule has 1 unspecified atom stereocenters. The quantitative estimate of drug-likeness (QED) is 0.508. The van der Waals surface area contributed by atoms with E-state index < -0.39 is 46.6 Å². The van der Waals surface area contributed by atoms with E-state index in [0.717, 1.165) is 0 Å². The highest BCUT2D eigenvalue weighted by atomic mass is 19.2. The normalized spacial score (nSPS) is 12.7.